The normalized spacial score (nSPS) is 19.6. The van der Waals surface area contributed by atoms with Crippen LogP contribution in [0.25, 0.3) is 0 Å². The number of nitriles is 5. The molecule has 1 unspecified atom stereocenters. The summed E-state index contributed by atoms with van der Waals surface area (Å²) in [4.78, 5) is 0. The molecule has 0 aromatic heterocycles. The molecule has 17 heavy (non-hydrogen) atoms. The summed E-state index contributed by atoms with van der Waals surface area (Å²) in [5, 5.41) is 45.6. The fourth-order valence-electron chi connectivity index (χ4n) is 1.28. The van der Waals surface area contributed by atoms with Crippen LogP contribution in [0, 0.1) is 62.8 Å². The molecule has 0 amide bonds. The minimum Gasteiger partial charge on any atom is -0.198 e. The topological polar surface area (TPSA) is 125 Å². The van der Waals surface area contributed by atoms with Gasteiger partial charge in [0.2, 0.25) is 12.4 Å². The van der Waals surface area contributed by atoms with Gasteiger partial charge in [0, 0.05) is 35.8 Å². The SMILES string of the molecule is N#CC1C=CN(C#N)N(C#N)C1(C#N)C#N.[Na]. The first-order valence-electron chi connectivity index (χ1n) is 3.99. The van der Waals surface area contributed by atoms with Crippen molar-refractivity contribution in [2.24, 2.45) is 5.92 Å². The van der Waals surface area contributed by atoms with Gasteiger partial charge in [-0.25, -0.2) is 0 Å². The Hall–Kier alpha value is -2.21. The fraction of sp³-hybridized carbons (Fsp3) is 0.222. The van der Waals surface area contributed by atoms with E-state index in [2.05, 4.69) is 0 Å². The summed E-state index contributed by atoms with van der Waals surface area (Å²) in [6.07, 6.45) is 5.57. The molecule has 0 aromatic carbocycles. The second-order valence-electron chi connectivity index (χ2n) is 2.79. The average molecular weight is 232 g/mol. The van der Waals surface area contributed by atoms with Gasteiger partial charge in [-0.05, 0) is 6.08 Å². The maximum absolute atomic E-state index is 8.97. The van der Waals surface area contributed by atoms with Gasteiger partial charge < -0.3 is 0 Å². The van der Waals surface area contributed by atoms with Crippen molar-refractivity contribution in [2.45, 2.75) is 5.54 Å². The Labute approximate surface area is 120 Å². The second kappa shape index (κ2) is 5.76. The van der Waals surface area contributed by atoms with Crippen molar-refractivity contribution >= 4 is 29.6 Å². The van der Waals surface area contributed by atoms with Crippen LogP contribution >= 0.6 is 0 Å². The first kappa shape index (κ1) is 14.8. The summed E-state index contributed by atoms with van der Waals surface area (Å²) in [6, 6.07) is 4.96. The zero-order valence-corrected chi connectivity index (χ0v) is 10.9. The Balaban J connectivity index is 0.00000256. The third kappa shape index (κ3) is 2.02. The molecule has 0 saturated carbocycles. The van der Waals surface area contributed by atoms with Crippen molar-refractivity contribution < 1.29 is 0 Å². The van der Waals surface area contributed by atoms with Gasteiger partial charge in [-0.2, -0.15) is 36.3 Å². The minimum atomic E-state index is -1.99. The summed E-state index contributed by atoms with van der Waals surface area (Å²) in [7, 11) is 0. The third-order valence-electron chi connectivity index (χ3n) is 2.10. The fourth-order valence-corrected chi connectivity index (χ4v) is 1.28. The van der Waals surface area contributed by atoms with Gasteiger partial charge in [0.25, 0.3) is 5.54 Å². The molecular weight excluding hydrogens is 229 g/mol. The van der Waals surface area contributed by atoms with Gasteiger partial charge in [-0.15, -0.1) is 0 Å². The number of rotatable bonds is 0. The standard InChI is InChI=1S/C9H3N7.Na/c10-3-8-1-2-15(6-13)16(7-14)9(8,4-11)5-12;/h1-2,8H;. The van der Waals surface area contributed by atoms with Crippen molar-refractivity contribution in [3.05, 3.63) is 12.3 Å². The van der Waals surface area contributed by atoms with Gasteiger partial charge in [0.1, 0.15) is 18.1 Å². The van der Waals surface area contributed by atoms with Gasteiger partial charge in [0.05, 0.1) is 6.07 Å². The van der Waals surface area contributed by atoms with E-state index in [9.17, 15) is 0 Å². The van der Waals surface area contributed by atoms with Gasteiger partial charge in [-0.3, -0.25) is 0 Å². The van der Waals surface area contributed by atoms with Crippen LogP contribution in [0.3, 0.4) is 0 Å². The van der Waals surface area contributed by atoms with Crippen LogP contribution in [0.15, 0.2) is 12.3 Å². The molecule has 0 N–H and O–H groups in total. The first-order chi connectivity index (χ1) is 7.69. The summed E-state index contributed by atoms with van der Waals surface area (Å²) in [5.74, 6) is -1.09. The van der Waals surface area contributed by atoms with Crippen LogP contribution in [0.1, 0.15) is 0 Å². The molecule has 7 nitrogen and oxygen atoms in total. The first-order valence-corrected chi connectivity index (χ1v) is 3.99. The molecule has 0 fully saturated rings. The van der Waals surface area contributed by atoms with Crippen LogP contribution in [0.5, 0.6) is 0 Å². The molecule has 75 valence electrons. The Kier molecular flexibility index (Phi) is 5.01. The molecular formula is C9H3N7Na. The minimum absolute atomic E-state index is 0. The Morgan fingerprint density at radius 3 is 1.94 bits per heavy atom. The summed E-state index contributed by atoms with van der Waals surface area (Å²) >= 11 is 0. The maximum atomic E-state index is 8.97. The zero-order valence-electron chi connectivity index (χ0n) is 8.86. The largest absolute Gasteiger partial charge is 0.262 e. The predicted octanol–water partition coefficient (Wildman–Crippen LogP) is -0.460. The number of nitrogens with zero attached hydrogens (tertiary/aromatic N) is 7. The monoisotopic (exact) mass is 232 g/mol. The average Bonchev–Trinajstić information content (AvgIpc) is 2.36. The van der Waals surface area contributed by atoms with Crippen molar-refractivity contribution in [1.82, 2.24) is 10.0 Å². The van der Waals surface area contributed by atoms with Gasteiger partial charge in [-0.1, -0.05) is 0 Å². The van der Waals surface area contributed by atoms with E-state index in [1.807, 2.05) is 0 Å². The molecule has 0 aromatic rings. The molecule has 1 heterocycles. The van der Waals surface area contributed by atoms with Crippen molar-refractivity contribution in [3.8, 4) is 30.6 Å². The zero-order chi connectivity index (χ0) is 12.2. The van der Waals surface area contributed by atoms with Crippen LogP contribution in [-0.2, 0) is 0 Å². The smallest absolute Gasteiger partial charge is 0.198 e. The predicted molar refractivity (Wildman–Crippen MR) is 52.9 cm³/mol. The maximum Gasteiger partial charge on any atom is 0.262 e. The van der Waals surface area contributed by atoms with Gasteiger partial charge in [0.15, 0.2) is 0 Å². The Bertz CT molecular complexity index is 518. The van der Waals surface area contributed by atoms with Crippen LogP contribution in [-0.4, -0.2) is 45.1 Å². The van der Waals surface area contributed by atoms with Gasteiger partial charge >= 0.3 is 0 Å². The van der Waals surface area contributed by atoms with E-state index < -0.39 is 11.5 Å². The van der Waals surface area contributed by atoms with Crippen molar-refractivity contribution in [1.29, 1.82) is 26.3 Å². The molecule has 0 saturated heterocycles. The summed E-state index contributed by atoms with van der Waals surface area (Å²) < 4.78 is 0. The van der Waals surface area contributed by atoms with Crippen LogP contribution in [0.2, 0.25) is 0 Å². The van der Waals surface area contributed by atoms with E-state index in [4.69, 9.17) is 26.3 Å². The van der Waals surface area contributed by atoms with Crippen LogP contribution in [0.4, 0.5) is 0 Å². The molecule has 0 bridgehead atoms. The molecule has 1 aliphatic heterocycles. The quantitative estimate of drug-likeness (QED) is 0.408. The van der Waals surface area contributed by atoms with E-state index in [1.54, 1.807) is 30.6 Å². The summed E-state index contributed by atoms with van der Waals surface area (Å²) in [5.41, 5.74) is -1.99. The van der Waals surface area contributed by atoms with E-state index in [0.717, 1.165) is 5.01 Å². The van der Waals surface area contributed by atoms with Crippen molar-refractivity contribution in [2.75, 3.05) is 0 Å². The van der Waals surface area contributed by atoms with E-state index in [1.165, 1.54) is 12.3 Å². The van der Waals surface area contributed by atoms with E-state index in [0.29, 0.717) is 5.01 Å². The van der Waals surface area contributed by atoms with E-state index >= 15 is 0 Å². The number of hydrogen-bond donors (Lipinski definition) is 0. The Morgan fingerprint density at radius 1 is 1.00 bits per heavy atom. The molecule has 8 heteroatoms. The molecule has 1 aliphatic rings. The number of hydrogen-bond acceptors (Lipinski definition) is 7. The second-order valence-corrected chi connectivity index (χ2v) is 2.79. The number of hydrazine groups is 1. The van der Waals surface area contributed by atoms with Crippen molar-refractivity contribution in [3.63, 3.8) is 0 Å². The Morgan fingerprint density at radius 2 is 1.59 bits per heavy atom. The summed E-state index contributed by atoms with van der Waals surface area (Å²) in [6.45, 7) is 0. The molecule has 1 atom stereocenters. The molecule has 1 rings (SSSR count). The molecule has 0 aliphatic carbocycles. The molecule has 0 spiro atoms. The van der Waals surface area contributed by atoms with Crippen LogP contribution < -0.4 is 0 Å². The molecule has 1 radical (unpaired) electrons. The third-order valence-corrected chi connectivity index (χ3v) is 2.10. The van der Waals surface area contributed by atoms with E-state index in [-0.39, 0.29) is 29.6 Å².